The molecule has 4 rings (SSSR count). The molecule has 1 spiro atoms. The number of hydrogen-bond donors (Lipinski definition) is 1. The quantitative estimate of drug-likeness (QED) is 0.685. The number of rotatable bonds is 3. The molecule has 1 fully saturated rings. The summed E-state index contributed by atoms with van der Waals surface area (Å²) in [7, 11) is 0. The summed E-state index contributed by atoms with van der Waals surface area (Å²) in [5, 5.41) is 2.85. The number of hydrogen-bond acceptors (Lipinski definition) is 3. The summed E-state index contributed by atoms with van der Waals surface area (Å²) < 4.78 is 0. The standard InChI is InChI=1S/C21H20N2O3/c1-13-7-8-16(11-14(13)2)18(24)12-23-19(25)21(22-20(23)26)10-9-15-5-3-4-6-17(15)21/h3-8,11H,9-10,12H2,1-2H3,(H,22,26)/t21-/m0/s1. The summed E-state index contributed by atoms with van der Waals surface area (Å²) in [5.41, 5.74) is 3.52. The van der Waals surface area contributed by atoms with Gasteiger partial charge in [0.05, 0.1) is 6.54 Å². The normalized spacial score (nSPS) is 21.2. The Kier molecular flexibility index (Phi) is 3.68. The first kappa shape index (κ1) is 16.5. The Hall–Kier alpha value is -2.95. The topological polar surface area (TPSA) is 66.5 Å². The molecule has 1 heterocycles. The van der Waals surface area contributed by atoms with Crippen LogP contribution in [0.3, 0.4) is 0 Å². The first-order valence-electron chi connectivity index (χ1n) is 8.75. The Bertz CT molecular complexity index is 950. The maximum absolute atomic E-state index is 13.1. The van der Waals surface area contributed by atoms with E-state index < -0.39 is 11.6 Å². The lowest BCUT2D eigenvalue weighted by molar-refractivity contribution is -0.131. The van der Waals surface area contributed by atoms with Gasteiger partial charge in [-0.05, 0) is 55.0 Å². The summed E-state index contributed by atoms with van der Waals surface area (Å²) in [6.07, 6.45) is 1.27. The Morgan fingerprint density at radius 3 is 2.65 bits per heavy atom. The number of fused-ring (bicyclic) bond motifs is 2. The average molecular weight is 348 g/mol. The molecule has 1 N–H and O–H groups in total. The number of Topliss-reactive ketones (excluding diaryl/α,β-unsaturated/α-hetero) is 1. The van der Waals surface area contributed by atoms with E-state index in [9.17, 15) is 14.4 Å². The van der Waals surface area contributed by atoms with E-state index in [1.165, 1.54) is 0 Å². The fourth-order valence-corrected chi connectivity index (χ4v) is 3.88. The number of imide groups is 1. The molecule has 2 aromatic carbocycles. The Morgan fingerprint density at radius 1 is 1.12 bits per heavy atom. The van der Waals surface area contributed by atoms with E-state index in [-0.39, 0.29) is 18.2 Å². The van der Waals surface area contributed by atoms with Gasteiger partial charge in [-0.1, -0.05) is 36.4 Å². The molecule has 0 bridgehead atoms. The third-order valence-corrected chi connectivity index (χ3v) is 5.55. The van der Waals surface area contributed by atoms with Gasteiger partial charge in [0.2, 0.25) is 0 Å². The van der Waals surface area contributed by atoms with Crippen LogP contribution in [0.5, 0.6) is 0 Å². The van der Waals surface area contributed by atoms with Crippen molar-refractivity contribution in [3.8, 4) is 0 Å². The molecule has 1 saturated heterocycles. The van der Waals surface area contributed by atoms with Crippen LogP contribution in [0.1, 0.15) is 39.0 Å². The van der Waals surface area contributed by atoms with Crippen LogP contribution in [0.2, 0.25) is 0 Å². The van der Waals surface area contributed by atoms with Gasteiger partial charge in [0.25, 0.3) is 5.91 Å². The van der Waals surface area contributed by atoms with Crippen molar-refractivity contribution < 1.29 is 14.4 Å². The number of ketones is 1. The summed E-state index contributed by atoms with van der Waals surface area (Å²) in [5.74, 6) is -0.565. The first-order chi connectivity index (χ1) is 12.4. The van der Waals surface area contributed by atoms with Crippen LogP contribution in [0.25, 0.3) is 0 Å². The highest BCUT2D eigenvalue weighted by Crippen LogP contribution is 2.41. The SMILES string of the molecule is Cc1ccc(C(=O)CN2C(=O)N[C@]3(CCc4ccccc43)C2=O)cc1C. The number of nitrogens with zero attached hydrogens (tertiary/aromatic N) is 1. The molecule has 3 amide bonds. The van der Waals surface area contributed by atoms with Crippen molar-refractivity contribution in [2.75, 3.05) is 6.54 Å². The van der Waals surface area contributed by atoms with Crippen molar-refractivity contribution in [2.45, 2.75) is 32.2 Å². The molecule has 5 heteroatoms. The van der Waals surface area contributed by atoms with E-state index in [1.807, 2.05) is 44.2 Å². The molecular weight excluding hydrogens is 328 g/mol. The van der Waals surface area contributed by atoms with Crippen LogP contribution in [-0.4, -0.2) is 29.2 Å². The van der Waals surface area contributed by atoms with E-state index >= 15 is 0 Å². The highest BCUT2D eigenvalue weighted by atomic mass is 16.2. The van der Waals surface area contributed by atoms with Crippen molar-refractivity contribution in [1.29, 1.82) is 0 Å². The van der Waals surface area contributed by atoms with Gasteiger partial charge in [-0.15, -0.1) is 0 Å². The highest BCUT2D eigenvalue weighted by Gasteiger charge is 2.55. The molecule has 1 atom stereocenters. The van der Waals surface area contributed by atoms with Gasteiger partial charge in [-0.2, -0.15) is 0 Å². The molecule has 2 aromatic rings. The Labute approximate surface area is 152 Å². The van der Waals surface area contributed by atoms with Crippen LogP contribution < -0.4 is 5.32 Å². The number of amides is 3. The van der Waals surface area contributed by atoms with Gasteiger partial charge < -0.3 is 5.32 Å². The minimum absolute atomic E-state index is 0.236. The highest BCUT2D eigenvalue weighted by molar-refractivity contribution is 6.11. The van der Waals surface area contributed by atoms with Crippen LogP contribution in [0, 0.1) is 13.8 Å². The zero-order valence-corrected chi connectivity index (χ0v) is 14.8. The van der Waals surface area contributed by atoms with E-state index in [0.717, 1.165) is 33.6 Å². The van der Waals surface area contributed by atoms with Gasteiger partial charge >= 0.3 is 6.03 Å². The minimum Gasteiger partial charge on any atom is -0.319 e. The Balaban J connectivity index is 1.61. The molecule has 26 heavy (non-hydrogen) atoms. The van der Waals surface area contributed by atoms with Gasteiger partial charge in [0, 0.05) is 5.56 Å². The summed E-state index contributed by atoms with van der Waals surface area (Å²) in [6, 6.07) is 12.6. The summed E-state index contributed by atoms with van der Waals surface area (Å²) in [6.45, 7) is 3.67. The molecule has 0 unspecified atom stereocenters. The summed E-state index contributed by atoms with van der Waals surface area (Å²) >= 11 is 0. The number of urea groups is 1. The second-order valence-corrected chi connectivity index (χ2v) is 7.11. The van der Waals surface area contributed by atoms with Crippen LogP contribution >= 0.6 is 0 Å². The monoisotopic (exact) mass is 348 g/mol. The number of nitrogens with one attached hydrogen (secondary N) is 1. The van der Waals surface area contributed by atoms with Crippen molar-refractivity contribution >= 4 is 17.7 Å². The molecule has 132 valence electrons. The van der Waals surface area contributed by atoms with Crippen LogP contribution in [0.4, 0.5) is 4.79 Å². The molecule has 1 aliphatic heterocycles. The number of carbonyl (C=O) groups excluding carboxylic acids is 3. The van der Waals surface area contributed by atoms with Crippen molar-refractivity contribution in [3.05, 3.63) is 70.3 Å². The number of aryl methyl sites for hydroxylation is 3. The van der Waals surface area contributed by atoms with Gasteiger partial charge in [-0.25, -0.2) is 4.79 Å². The molecule has 0 radical (unpaired) electrons. The number of benzene rings is 2. The smallest absolute Gasteiger partial charge is 0.319 e. The molecule has 0 aromatic heterocycles. The summed E-state index contributed by atoms with van der Waals surface area (Å²) in [4.78, 5) is 39.3. The zero-order valence-electron chi connectivity index (χ0n) is 14.8. The molecule has 2 aliphatic rings. The van der Waals surface area contributed by atoms with Gasteiger partial charge in [-0.3, -0.25) is 14.5 Å². The largest absolute Gasteiger partial charge is 0.325 e. The number of carbonyl (C=O) groups is 3. The lowest BCUT2D eigenvalue weighted by Crippen LogP contribution is -2.42. The fraction of sp³-hybridized carbons (Fsp3) is 0.286. The fourth-order valence-electron chi connectivity index (χ4n) is 3.88. The molecule has 0 saturated carbocycles. The van der Waals surface area contributed by atoms with Crippen molar-refractivity contribution in [2.24, 2.45) is 0 Å². The Morgan fingerprint density at radius 2 is 1.88 bits per heavy atom. The second kappa shape index (κ2) is 5.80. The first-order valence-corrected chi connectivity index (χ1v) is 8.75. The van der Waals surface area contributed by atoms with E-state index in [1.54, 1.807) is 12.1 Å². The lowest BCUT2D eigenvalue weighted by Gasteiger charge is -2.22. The molecule has 5 nitrogen and oxygen atoms in total. The van der Waals surface area contributed by atoms with E-state index in [4.69, 9.17) is 0 Å². The molecule has 1 aliphatic carbocycles. The third-order valence-electron chi connectivity index (χ3n) is 5.55. The predicted molar refractivity (Wildman–Crippen MR) is 96.9 cm³/mol. The van der Waals surface area contributed by atoms with Crippen molar-refractivity contribution in [3.63, 3.8) is 0 Å². The van der Waals surface area contributed by atoms with Gasteiger partial charge in [0.1, 0.15) is 5.54 Å². The van der Waals surface area contributed by atoms with Crippen LogP contribution in [0.15, 0.2) is 42.5 Å². The second-order valence-electron chi connectivity index (χ2n) is 7.11. The maximum atomic E-state index is 13.1. The average Bonchev–Trinajstić information content (AvgIpc) is 3.11. The minimum atomic E-state index is -1.02. The zero-order chi connectivity index (χ0) is 18.5. The van der Waals surface area contributed by atoms with Crippen molar-refractivity contribution in [1.82, 2.24) is 10.2 Å². The molecular formula is C21H20N2O3. The third kappa shape index (κ3) is 2.35. The van der Waals surface area contributed by atoms with Crippen LogP contribution in [-0.2, 0) is 16.8 Å². The maximum Gasteiger partial charge on any atom is 0.325 e. The van der Waals surface area contributed by atoms with E-state index in [2.05, 4.69) is 5.32 Å². The lowest BCUT2D eigenvalue weighted by atomic mass is 9.92. The van der Waals surface area contributed by atoms with Gasteiger partial charge in [0.15, 0.2) is 5.78 Å². The van der Waals surface area contributed by atoms with E-state index in [0.29, 0.717) is 12.0 Å². The predicted octanol–water partition coefficient (Wildman–Crippen LogP) is 2.88.